The first-order valence-electron chi connectivity index (χ1n) is 5.41. The molecule has 1 heterocycles. The van der Waals surface area contributed by atoms with Crippen LogP contribution in [0.1, 0.15) is 10.4 Å². The summed E-state index contributed by atoms with van der Waals surface area (Å²) < 4.78 is 0. The Morgan fingerprint density at radius 1 is 1.44 bits per heavy atom. The van der Waals surface area contributed by atoms with Gasteiger partial charge in [-0.15, -0.1) is 6.42 Å². The van der Waals surface area contributed by atoms with E-state index in [1.54, 1.807) is 30.3 Å². The minimum atomic E-state index is -0.952. The van der Waals surface area contributed by atoms with E-state index in [4.69, 9.17) is 11.5 Å². The highest BCUT2D eigenvalue weighted by atomic mass is 16.4. The molecule has 4 heteroatoms. The molecule has 90 valence electrons. The summed E-state index contributed by atoms with van der Waals surface area (Å²) in [7, 11) is 1.84. The van der Waals surface area contributed by atoms with E-state index in [1.165, 1.54) is 0 Å². The van der Waals surface area contributed by atoms with Crippen molar-refractivity contribution in [3.05, 3.63) is 35.9 Å². The molecule has 1 aromatic heterocycles. The van der Waals surface area contributed by atoms with Gasteiger partial charge in [-0.2, -0.15) is 0 Å². The Morgan fingerprint density at radius 2 is 2.22 bits per heavy atom. The van der Waals surface area contributed by atoms with Gasteiger partial charge in [-0.3, -0.25) is 0 Å². The van der Waals surface area contributed by atoms with Crippen molar-refractivity contribution >= 4 is 22.7 Å². The summed E-state index contributed by atoms with van der Waals surface area (Å²) in [5.74, 6) is 2.31. The van der Waals surface area contributed by atoms with Crippen molar-refractivity contribution in [2.24, 2.45) is 0 Å². The van der Waals surface area contributed by atoms with Crippen molar-refractivity contribution in [3.8, 4) is 12.3 Å². The highest BCUT2D eigenvalue weighted by molar-refractivity contribution is 6.02. The molecule has 1 aromatic carbocycles. The van der Waals surface area contributed by atoms with Gasteiger partial charge in [0.05, 0.1) is 17.6 Å². The lowest BCUT2D eigenvalue weighted by atomic mass is 10.1. The van der Waals surface area contributed by atoms with Gasteiger partial charge in [-0.25, -0.2) is 9.78 Å². The molecule has 0 atom stereocenters. The van der Waals surface area contributed by atoms with Crippen LogP contribution in [-0.2, 0) is 0 Å². The van der Waals surface area contributed by atoms with Crippen LogP contribution >= 0.6 is 0 Å². The van der Waals surface area contributed by atoms with Crippen LogP contribution in [-0.4, -0.2) is 29.7 Å². The molecular weight excluding hydrogens is 228 g/mol. The van der Waals surface area contributed by atoms with Crippen molar-refractivity contribution < 1.29 is 9.90 Å². The third-order valence-corrected chi connectivity index (χ3v) is 2.67. The maximum absolute atomic E-state index is 11.1. The van der Waals surface area contributed by atoms with E-state index in [-0.39, 0.29) is 5.56 Å². The number of carbonyl (C=O) groups is 1. The van der Waals surface area contributed by atoms with Crippen LogP contribution in [0.3, 0.4) is 0 Å². The molecule has 0 fully saturated rings. The molecule has 0 aliphatic rings. The second kappa shape index (κ2) is 4.76. The third-order valence-electron chi connectivity index (χ3n) is 2.67. The minimum absolute atomic E-state index is 0.256. The number of hydrogen-bond acceptors (Lipinski definition) is 3. The van der Waals surface area contributed by atoms with Crippen molar-refractivity contribution in [2.45, 2.75) is 0 Å². The van der Waals surface area contributed by atoms with Crippen molar-refractivity contribution in [1.82, 2.24) is 4.98 Å². The summed E-state index contributed by atoms with van der Waals surface area (Å²) in [6.07, 6.45) is 5.25. The molecule has 4 nitrogen and oxygen atoms in total. The third kappa shape index (κ3) is 2.11. The minimum Gasteiger partial charge on any atom is -0.478 e. The summed E-state index contributed by atoms with van der Waals surface area (Å²) in [6, 6.07) is 8.57. The summed E-state index contributed by atoms with van der Waals surface area (Å²) in [4.78, 5) is 17.3. The quantitative estimate of drug-likeness (QED) is 0.834. The second-order valence-corrected chi connectivity index (χ2v) is 3.91. The van der Waals surface area contributed by atoms with E-state index < -0.39 is 5.97 Å². The highest BCUT2D eigenvalue weighted by Gasteiger charge is 2.10. The molecule has 1 N–H and O–H groups in total. The first kappa shape index (κ1) is 11.9. The lowest BCUT2D eigenvalue weighted by Crippen LogP contribution is -2.18. The fourth-order valence-electron chi connectivity index (χ4n) is 1.76. The fraction of sp³-hybridized carbons (Fsp3) is 0.143. The van der Waals surface area contributed by atoms with Crippen LogP contribution in [0.2, 0.25) is 0 Å². The molecule has 0 bridgehead atoms. The van der Waals surface area contributed by atoms with Gasteiger partial charge in [-0.05, 0) is 24.3 Å². The average molecular weight is 240 g/mol. The van der Waals surface area contributed by atoms with Gasteiger partial charge >= 0.3 is 5.97 Å². The zero-order valence-electron chi connectivity index (χ0n) is 9.92. The fourth-order valence-corrected chi connectivity index (χ4v) is 1.76. The Morgan fingerprint density at radius 3 is 2.89 bits per heavy atom. The number of aromatic nitrogens is 1. The van der Waals surface area contributed by atoms with Crippen LogP contribution in [0.4, 0.5) is 5.82 Å². The predicted molar refractivity (Wildman–Crippen MR) is 70.8 cm³/mol. The van der Waals surface area contributed by atoms with Gasteiger partial charge in [0, 0.05) is 12.4 Å². The predicted octanol–water partition coefficient (Wildman–Crippen LogP) is 2.00. The number of hydrogen-bond donors (Lipinski definition) is 1. The molecule has 18 heavy (non-hydrogen) atoms. The standard InChI is InChI=1S/C14H12N2O2/c1-3-9-16(2)13-8-7-10-11(14(17)18)5-4-6-12(10)15-13/h1,4-8H,9H2,2H3,(H,17,18). The molecule has 0 aliphatic heterocycles. The zero-order chi connectivity index (χ0) is 13.1. The van der Waals surface area contributed by atoms with Crippen LogP contribution in [0.25, 0.3) is 10.9 Å². The molecule has 0 radical (unpaired) electrons. The molecule has 0 amide bonds. The number of pyridine rings is 1. The van der Waals surface area contributed by atoms with Crippen molar-refractivity contribution in [1.29, 1.82) is 0 Å². The first-order valence-corrected chi connectivity index (χ1v) is 5.41. The Bertz CT molecular complexity index is 644. The maximum atomic E-state index is 11.1. The number of fused-ring (bicyclic) bond motifs is 1. The van der Waals surface area contributed by atoms with E-state index in [1.807, 2.05) is 11.9 Å². The van der Waals surface area contributed by atoms with Gasteiger partial charge in [-0.1, -0.05) is 12.0 Å². The molecule has 2 rings (SSSR count). The Labute approximate surface area is 105 Å². The van der Waals surface area contributed by atoms with E-state index in [9.17, 15) is 4.79 Å². The van der Waals surface area contributed by atoms with Crippen molar-refractivity contribution in [2.75, 3.05) is 18.5 Å². The van der Waals surface area contributed by atoms with Gasteiger partial charge < -0.3 is 10.0 Å². The number of anilines is 1. The van der Waals surface area contributed by atoms with Crippen LogP contribution in [0.15, 0.2) is 30.3 Å². The number of carboxylic acid groups (broad SMARTS) is 1. The number of benzene rings is 1. The van der Waals surface area contributed by atoms with Gasteiger partial charge in [0.2, 0.25) is 0 Å². The largest absolute Gasteiger partial charge is 0.478 e. The molecule has 2 aromatic rings. The average Bonchev–Trinajstić information content (AvgIpc) is 2.37. The van der Waals surface area contributed by atoms with Gasteiger partial charge in [0.1, 0.15) is 5.82 Å². The zero-order valence-corrected chi connectivity index (χ0v) is 9.92. The SMILES string of the molecule is C#CCN(C)c1ccc2c(C(=O)O)cccc2n1. The summed E-state index contributed by atoms with van der Waals surface area (Å²) >= 11 is 0. The molecule has 0 unspecified atom stereocenters. The van der Waals surface area contributed by atoms with Crippen LogP contribution < -0.4 is 4.90 Å². The summed E-state index contributed by atoms with van der Waals surface area (Å²) in [5, 5.41) is 9.71. The molecule has 0 aliphatic carbocycles. The number of terminal acetylenes is 1. The van der Waals surface area contributed by atoms with E-state index in [2.05, 4.69) is 10.9 Å². The summed E-state index contributed by atoms with van der Waals surface area (Å²) in [6.45, 7) is 0.455. The van der Waals surface area contributed by atoms with Crippen LogP contribution in [0, 0.1) is 12.3 Å². The number of carboxylic acids is 1. The monoisotopic (exact) mass is 240 g/mol. The molecule has 0 saturated carbocycles. The lowest BCUT2D eigenvalue weighted by molar-refractivity contribution is 0.0699. The second-order valence-electron chi connectivity index (χ2n) is 3.91. The number of aromatic carboxylic acids is 1. The van der Waals surface area contributed by atoms with Crippen molar-refractivity contribution in [3.63, 3.8) is 0 Å². The Kier molecular flexibility index (Phi) is 3.16. The van der Waals surface area contributed by atoms with Gasteiger partial charge in [0.25, 0.3) is 0 Å². The Hall–Kier alpha value is -2.54. The topological polar surface area (TPSA) is 53.4 Å². The smallest absolute Gasteiger partial charge is 0.336 e. The summed E-state index contributed by atoms with van der Waals surface area (Å²) in [5.41, 5.74) is 0.905. The molecule has 0 spiro atoms. The highest BCUT2D eigenvalue weighted by Crippen LogP contribution is 2.20. The van der Waals surface area contributed by atoms with E-state index in [0.29, 0.717) is 17.4 Å². The lowest BCUT2D eigenvalue weighted by Gasteiger charge is -2.15. The number of nitrogens with zero attached hydrogens (tertiary/aromatic N) is 2. The Balaban J connectivity index is 2.54. The van der Waals surface area contributed by atoms with Gasteiger partial charge in [0.15, 0.2) is 0 Å². The first-order chi connectivity index (χ1) is 8.63. The van der Waals surface area contributed by atoms with E-state index in [0.717, 1.165) is 5.82 Å². The van der Waals surface area contributed by atoms with E-state index >= 15 is 0 Å². The maximum Gasteiger partial charge on any atom is 0.336 e. The normalized spacial score (nSPS) is 10.0. The molecule has 0 saturated heterocycles. The van der Waals surface area contributed by atoms with Crippen LogP contribution in [0.5, 0.6) is 0 Å². The molecular formula is C14H12N2O2. The number of rotatable bonds is 3.